The largest absolute Gasteiger partial charge is 0.291 e. The van der Waals surface area contributed by atoms with Crippen molar-refractivity contribution in [3.8, 4) is 0 Å². The Bertz CT molecular complexity index is 65.9. The minimum atomic E-state index is -0.784. The number of nitrogens with one attached hydrogen (secondary N) is 2. The second-order valence-electron chi connectivity index (χ2n) is 1.06. The molecule has 1 rings (SSSR count). The summed E-state index contributed by atoms with van der Waals surface area (Å²) in [6.45, 7) is 0.687. The van der Waals surface area contributed by atoms with E-state index in [1.54, 1.807) is 0 Å². The highest BCUT2D eigenvalue weighted by molar-refractivity contribution is 7.83. The minimum absolute atomic E-state index is 0.597. The molecule has 1 aliphatic rings. The lowest BCUT2D eigenvalue weighted by Gasteiger charge is -1.77. The van der Waals surface area contributed by atoms with Crippen LogP contribution in [0.5, 0.6) is 0 Å². The maximum Gasteiger partial charge on any atom is 0.107 e. The van der Waals surface area contributed by atoms with Crippen molar-refractivity contribution in [3.05, 3.63) is 0 Å². The Kier molecular flexibility index (Phi) is 1.19. The van der Waals surface area contributed by atoms with Crippen molar-refractivity contribution >= 4 is 11.0 Å². The Hall–Kier alpha value is 0.0700. The first-order chi connectivity index (χ1) is 2.89. The van der Waals surface area contributed by atoms with Crippen LogP contribution in [0.3, 0.4) is 0 Å². The van der Waals surface area contributed by atoms with Gasteiger partial charge in [-0.1, -0.05) is 0 Å². The molecule has 0 amide bonds. The van der Waals surface area contributed by atoms with Crippen LogP contribution in [0.2, 0.25) is 0 Å². The molecule has 1 fully saturated rings. The highest BCUT2D eigenvalue weighted by Crippen LogP contribution is 1.74. The Balaban J connectivity index is 2.37. The van der Waals surface area contributed by atoms with E-state index in [4.69, 9.17) is 0 Å². The fourth-order valence-corrected chi connectivity index (χ4v) is 0.979. The van der Waals surface area contributed by atoms with Gasteiger partial charge in [-0.3, -0.25) is 5.32 Å². The summed E-state index contributed by atoms with van der Waals surface area (Å²) in [5, 5.41) is 2.86. The van der Waals surface area contributed by atoms with Crippen LogP contribution in [0.15, 0.2) is 0 Å². The first kappa shape index (κ1) is 4.23. The molecular weight excluding hydrogens is 100 g/mol. The molecule has 1 atom stereocenters. The Labute approximate surface area is 38.7 Å². The molecule has 6 heavy (non-hydrogen) atoms. The van der Waals surface area contributed by atoms with Crippen LogP contribution in [-0.4, -0.2) is 16.8 Å². The molecular formula is C2H6N2OS. The minimum Gasteiger partial charge on any atom is -0.291 e. The summed E-state index contributed by atoms with van der Waals surface area (Å²) in [6, 6.07) is 0. The molecule has 1 saturated heterocycles. The van der Waals surface area contributed by atoms with E-state index >= 15 is 0 Å². The predicted octanol–water partition coefficient (Wildman–Crippen LogP) is -1.24. The van der Waals surface area contributed by atoms with Crippen LogP contribution < -0.4 is 10.0 Å². The van der Waals surface area contributed by atoms with Gasteiger partial charge in [-0.25, -0.2) is 8.93 Å². The molecule has 0 aromatic rings. The average Bonchev–Trinajstić information content (AvgIpc) is 1.86. The summed E-state index contributed by atoms with van der Waals surface area (Å²) in [4.78, 5) is 0. The molecule has 36 valence electrons. The fraction of sp³-hybridized carbons (Fsp3) is 1.00. The molecule has 0 aromatic carbocycles. The molecule has 0 aromatic heterocycles. The van der Waals surface area contributed by atoms with E-state index in [1.165, 1.54) is 0 Å². The highest BCUT2D eigenvalue weighted by Gasteiger charge is 2.02. The fourth-order valence-electron chi connectivity index (χ4n) is 0.326. The normalized spacial score (nSPS) is 34.3. The van der Waals surface area contributed by atoms with Crippen molar-refractivity contribution in [1.82, 2.24) is 10.0 Å². The predicted molar refractivity (Wildman–Crippen MR) is 24.1 cm³/mol. The second kappa shape index (κ2) is 1.68. The van der Waals surface area contributed by atoms with Gasteiger partial charge in [-0.2, -0.15) is 0 Å². The molecule has 0 saturated carbocycles. The van der Waals surface area contributed by atoms with Gasteiger partial charge in [0.05, 0.1) is 12.5 Å². The lowest BCUT2D eigenvalue weighted by Crippen LogP contribution is -2.11. The van der Waals surface area contributed by atoms with Crippen molar-refractivity contribution in [1.29, 1.82) is 0 Å². The van der Waals surface area contributed by atoms with Crippen LogP contribution in [0.4, 0.5) is 0 Å². The van der Waals surface area contributed by atoms with Crippen molar-refractivity contribution in [2.45, 2.75) is 0 Å². The van der Waals surface area contributed by atoms with E-state index in [2.05, 4.69) is 10.0 Å². The third kappa shape index (κ3) is 0.767. The maximum atomic E-state index is 10.2. The maximum absolute atomic E-state index is 10.2. The number of rotatable bonds is 0. The van der Waals surface area contributed by atoms with Crippen LogP contribution in [0, 0.1) is 0 Å². The third-order valence-electron chi connectivity index (χ3n) is 0.591. The summed E-state index contributed by atoms with van der Waals surface area (Å²) in [7, 11) is -0.784. The zero-order valence-corrected chi connectivity index (χ0v) is 4.05. The summed E-state index contributed by atoms with van der Waals surface area (Å²) in [6.07, 6.45) is 0. The Morgan fingerprint density at radius 2 is 2.50 bits per heavy atom. The molecule has 0 aliphatic carbocycles. The van der Waals surface area contributed by atoms with Crippen LogP contribution in [-0.2, 0) is 11.0 Å². The van der Waals surface area contributed by atoms with Gasteiger partial charge in [0.25, 0.3) is 0 Å². The molecule has 1 unspecified atom stereocenters. The van der Waals surface area contributed by atoms with Crippen molar-refractivity contribution in [2.75, 3.05) is 12.5 Å². The molecule has 3 nitrogen and oxygen atoms in total. The molecule has 0 spiro atoms. The lowest BCUT2D eigenvalue weighted by atomic mass is 11.1. The Morgan fingerprint density at radius 3 is 2.67 bits per heavy atom. The molecule has 1 aliphatic heterocycles. The number of hydrogen-bond acceptors (Lipinski definition) is 2. The molecule has 2 N–H and O–H groups in total. The van der Waals surface area contributed by atoms with E-state index < -0.39 is 11.0 Å². The average molecular weight is 106 g/mol. The first-order valence-electron chi connectivity index (χ1n) is 1.72. The molecule has 0 bridgehead atoms. The van der Waals surface area contributed by atoms with Gasteiger partial charge in [0, 0.05) is 0 Å². The van der Waals surface area contributed by atoms with Gasteiger partial charge >= 0.3 is 0 Å². The monoisotopic (exact) mass is 106 g/mol. The molecule has 1 heterocycles. The van der Waals surface area contributed by atoms with Gasteiger partial charge in [0.1, 0.15) is 11.0 Å². The van der Waals surface area contributed by atoms with Crippen molar-refractivity contribution in [2.24, 2.45) is 0 Å². The number of hydrogen-bond donors (Lipinski definition) is 2. The second-order valence-corrected chi connectivity index (χ2v) is 2.33. The van der Waals surface area contributed by atoms with E-state index in [9.17, 15) is 4.21 Å². The van der Waals surface area contributed by atoms with E-state index in [0.29, 0.717) is 12.5 Å². The SMILES string of the molecule is O=S1CNCN1. The zero-order valence-electron chi connectivity index (χ0n) is 3.23. The van der Waals surface area contributed by atoms with Gasteiger partial charge < -0.3 is 0 Å². The molecule has 4 heteroatoms. The van der Waals surface area contributed by atoms with E-state index in [1.807, 2.05) is 0 Å². The molecule has 0 radical (unpaired) electrons. The summed E-state index contributed by atoms with van der Waals surface area (Å²) in [5.74, 6) is 0.597. The quantitative estimate of drug-likeness (QED) is 0.405. The van der Waals surface area contributed by atoms with Crippen molar-refractivity contribution in [3.63, 3.8) is 0 Å². The summed E-state index contributed by atoms with van der Waals surface area (Å²) in [5.41, 5.74) is 0. The smallest absolute Gasteiger partial charge is 0.107 e. The van der Waals surface area contributed by atoms with Crippen molar-refractivity contribution < 1.29 is 4.21 Å². The zero-order chi connectivity index (χ0) is 4.41. The topological polar surface area (TPSA) is 41.1 Å². The van der Waals surface area contributed by atoms with Gasteiger partial charge in [-0.15, -0.1) is 0 Å². The van der Waals surface area contributed by atoms with Crippen LogP contribution >= 0.6 is 0 Å². The van der Waals surface area contributed by atoms with Gasteiger partial charge in [0.15, 0.2) is 0 Å². The van der Waals surface area contributed by atoms with E-state index in [0.717, 1.165) is 0 Å². The van der Waals surface area contributed by atoms with Gasteiger partial charge in [0.2, 0.25) is 0 Å². The summed E-state index contributed by atoms with van der Waals surface area (Å²) >= 11 is 0. The van der Waals surface area contributed by atoms with E-state index in [-0.39, 0.29) is 0 Å². The van der Waals surface area contributed by atoms with Crippen LogP contribution in [0.25, 0.3) is 0 Å². The lowest BCUT2D eigenvalue weighted by molar-refractivity contribution is 0.682. The highest BCUT2D eigenvalue weighted by atomic mass is 32.2. The standard InChI is InChI=1S/C2H6N2OS/c5-6-2-3-1-4-6/h3-4H,1-2H2. The third-order valence-corrected chi connectivity index (χ3v) is 1.52. The summed E-state index contributed by atoms with van der Waals surface area (Å²) < 4.78 is 12.9. The van der Waals surface area contributed by atoms with Gasteiger partial charge in [-0.05, 0) is 0 Å². The van der Waals surface area contributed by atoms with Crippen LogP contribution in [0.1, 0.15) is 0 Å². The first-order valence-corrected chi connectivity index (χ1v) is 3.04. The Morgan fingerprint density at radius 1 is 1.67 bits per heavy atom.